The summed E-state index contributed by atoms with van der Waals surface area (Å²) in [6, 6.07) is 0. The first-order valence-corrected chi connectivity index (χ1v) is 6.58. The smallest absolute Gasteiger partial charge is 0.133 e. The molecule has 2 rings (SSSR count). The van der Waals surface area contributed by atoms with Gasteiger partial charge in [0.15, 0.2) is 0 Å². The van der Waals surface area contributed by atoms with E-state index in [-0.39, 0.29) is 0 Å². The number of aromatic nitrogens is 2. The minimum Gasteiger partial charge on any atom is -0.300 e. The number of rotatable bonds is 5. The van der Waals surface area contributed by atoms with Gasteiger partial charge in [0, 0.05) is 25.6 Å². The highest BCUT2D eigenvalue weighted by Crippen LogP contribution is 2.30. The molecule has 1 aliphatic carbocycles. The first-order chi connectivity index (χ1) is 8.08. The summed E-state index contributed by atoms with van der Waals surface area (Å²) in [6.07, 6.45) is 6.19. The van der Waals surface area contributed by atoms with Gasteiger partial charge in [-0.15, -0.1) is 0 Å². The maximum atomic E-state index is 11.8. The van der Waals surface area contributed by atoms with Crippen LogP contribution in [-0.4, -0.2) is 15.6 Å². The number of Topliss-reactive ketones (excluding diaryl/α,β-unsaturated/α-hetero) is 1. The molecule has 17 heavy (non-hydrogen) atoms. The second kappa shape index (κ2) is 5.03. The molecule has 3 nitrogen and oxygen atoms in total. The summed E-state index contributed by atoms with van der Waals surface area (Å²) in [7, 11) is 1.96. The van der Waals surface area contributed by atoms with Gasteiger partial charge in [0.05, 0.1) is 5.69 Å². The van der Waals surface area contributed by atoms with E-state index < -0.39 is 0 Å². The zero-order chi connectivity index (χ0) is 12.4. The maximum Gasteiger partial charge on any atom is 0.133 e. The SMILES string of the molecule is Cc1nn(C)c(C)c1CCC(=O)CC1CCC1. The Morgan fingerprint density at radius 2 is 2.12 bits per heavy atom. The van der Waals surface area contributed by atoms with E-state index in [1.807, 2.05) is 18.7 Å². The van der Waals surface area contributed by atoms with E-state index in [0.717, 1.165) is 18.5 Å². The number of nitrogens with zero attached hydrogens (tertiary/aromatic N) is 2. The molecule has 0 atom stereocenters. The fraction of sp³-hybridized carbons (Fsp3) is 0.714. The molecule has 0 radical (unpaired) electrons. The van der Waals surface area contributed by atoms with Gasteiger partial charge in [0.25, 0.3) is 0 Å². The van der Waals surface area contributed by atoms with Crippen LogP contribution in [0.5, 0.6) is 0 Å². The summed E-state index contributed by atoms with van der Waals surface area (Å²) in [5.41, 5.74) is 3.52. The third kappa shape index (κ3) is 2.76. The summed E-state index contributed by atoms with van der Waals surface area (Å²) < 4.78 is 1.90. The van der Waals surface area contributed by atoms with Crippen LogP contribution in [0.25, 0.3) is 0 Å². The fourth-order valence-electron chi connectivity index (χ4n) is 2.56. The molecule has 3 heteroatoms. The molecule has 1 aromatic rings. The molecule has 0 aliphatic heterocycles. The molecule has 1 heterocycles. The van der Waals surface area contributed by atoms with Crippen LogP contribution in [0.4, 0.5) is 0 Å². The van der Waals surface area contributed by atoms with Gasteiger partial charge in [-0.2, -0.15) is 5.10 Å². The molecule has 0 amide bonds. The van der Waals surface area contributed by atoms with Crippen LogP contribution in [0.1, 0.15) is 49.1 Å². The number of ketones is 1. The van der Waals surface area contributed by atoms with Crippen molar-refractivity contribution in [2.24, 2.45) is 13.0 Å². The van der Waals surface area contributed by atoms with Gasteiger partial charge in [-0.25, -0.2) is 0 Å². The van der Waals surface area contributed by atoms with Crippen molar-refractivity contribution in [3.63, 3.8) is 0 Å². The summed E-state index contributed by atoms with van der Waals surface area (Å²) in [4.78, 5) is 11.8. The van der Waals surface area contributed by atoms with Gasteiger partial charge in [0.2, 0.25) is 0 Å². The van der Waals surface area contributed by atoms with Gasteiger partial charge in [0.1, 0.15) is 5.78 Å². The monoisotopic (exact) mass is 234 g/mol. The van der Waals surface area contributed by atoms with E-state index in [9.17, 15) is 4.79 Å². The molecule has 1 aromatic heterocycles. The fourth-order valence-corrected chi connectivity index (χ4v) is 2.56. The van der Waals surface area contributed by atoms with Gasteiger partial charge in [-0.1, -0.05) is 19.3 Å². The van der Waals surface area contributed by atoms with Crippen LogP contribution in [0.15, 0.2) is 0 Å². The van der Waals surface area contributed by atoms with Crippen LogP contribution in [0.3, 0.4) is 0 Å². The molecule has 0 bridgehead atoms. The largest absolute Gasteiger partial charge is 0.300 e. The maximum absolute atomic E-state index is 11.8. The Balaban J connectivity index is 1.86. The average molecular weight is 234 g/mol. The van der Waals surface area contributed by atoms with Crippen molar-refractivity contribution >= 4 is 5.78 Å². The predicted molar refractivity (Wildman–Crippen MR) is 68.0 cm³/mol. The van der Waals surface area contributed by atoms with Crippen molar-refractivity contribution in [2.45, 2.75) is 52.4 Å². The molecule has 0 N–H and O–H groups in total. The minimum absolute atomic E-state index is 0.428. The molecular weight excluding hydrogens is 212 g/mol. The quantitative estimate of drug-likeness (QED) is 0.785. The first-order valence-electron chi connectivity index (χ1n) is 6.58. The molecule has 0 saturated heterocycles. The highest BCUT2D eigenvalue weighted by Gasteiger charge is 2.20. The van der Waals surface area contributed by atoms with Crippen LogP contribution in [-0.2, 0) is 18.3 Å². The molecule has 0 spiro atoms. The molecule has 1 aliphatic rings. The molecule has 1 saturated carbocycles. The summed E-state index contributed by atoms with van der Waals surface area (Å²) in [5.74, 6) is 1.12. The molecule has 1 fully saturated rings. The van der Waals surface area contributed by atoms with Crippen LogP contribution in [0.2, 0.25) is 0 Å². The number of hydrogen-bond donors (Lipinski definition) is 0. The topological polar surface area (TPSA) is 34.9 Å². The van der Waals surface area contributed by atoms with E-state index in [1.165, 1.54) is 30.5 Å². The lowest BCUT2D eigenvalue weighted by Crippen LogP contribution is -2.16. The average Bonchev–Trinajstić information content (AvgIpc) is 2.45. The Morgan fingerprint density at radius 3 is 2.59 bits per heavy atom. The molecule has 94 valence electrons. The van der Waals surface area contributed by atoms with Gasteiger partial charge in [-0.05, 0) is 31.7 Å². The van der Waals surface area contributed by atoms with Gasteiger partial charge < -0.3 is 0 Å². The van der Waals surface area contributed by atoms with E-state index in [0.29, 0.717) is 18.1 Å². The van der Waals surface area contributed by atoms with E-state index in [2.05, 4.69) is 12.0 Å². The number of aryl methyl sites for hydroxylation is 2. The van der Waals surface area contributed by atoms with Crippen molar-refractivity contribution in [1.29, 1.82) is 0 Å². The van der Waals surface area contributed by atoms with Gasteiger partial charge in [-0.3, -0.25) is 9.48 Å². The zero-order valence-corrected chi connectivity index (χ0v) is 11.1. The highest BCUT2D eigenvalue weighted by molar-refractivity contribution is 5.79. The molecular formula is C14H22N2O. The Labute approximate surface area is 103 Å². The van der Waals surface area contributed by atoms with Crippen molar-refractivity contribution in [3.8, 4) is 0 Å². The normalized spacial score (nSPS) is 15.9. The van der Waals surface area contributed by atoms with Crippen LogP contribution < -0.4 is 0 Å². The number of hydrogen-bond acceptors (Lipinski definition) is 2. The third-order valence-corrected chi connectivity index (χ3v) is 4.05. The van der Waals surface area contributed by atoms with Crippen LogP contribution in [0, 0.1) is 19.8 Å². The van der Waals surface area contributed by atoms with E-state index in [4.69, 9.17) is 0 Å². The second-order valence-electron chi connectivity index (χ2n) is 5.31. The number of carbonyl (C=O) groups is 1. The van der Waals surface area contributed by atoms with Crippen molar-refractivity contribution < 1.29 is 4.79 Å². The van der Waals surface area contributed by atoms with E-state index >= 15 is 0 Å². The lowest BCUT2D eigenvalue weighted by molar-refractivity contribution is -0.120. The summed E-state index contributed by atoms with van der Waals surface area (Å²) >= 11 is 0. The Kier molecular flexibility index (Phi) is 3.65. The van der Waals surface area contributed by atoms with Gasteiger partial charge >= 0.3 is 0 Å². The Morgan fingerprint density at radius 1 is 1.41 bits per heavy atom. The lowest BCUT2D eigenvalue weighted by atomic mass is 9.81. The van der Waals surface area contributed by atoms with Crippen molar-refractivity contribution in [2.75, 3.05) is 0 Å². The predicted octanol–water partition coefficient (Wildman–Crippen LogP) is 2.73. The number of carbonyl (C=O) groups excluding carboxylic acids is 1. The first kappa shape index (κ1) is 12.3. The molecule has 0 unspecified atom stereocenters. The standard InChI is InChI=1S/C14H22N2O/c1-10-14(11(2)16(3)15-10)8-7-13(17)9-12-5-4-6-12/h12H,4-9H2,1-3H3. The second-order valence-corrected chi connectivity index (χ2v) is 5.31. The Hall–Kier alpha value is -1.12. The Bertz CT molecular complexity index is 416. The highest BCUT2D eigenvalue weighted by atomic mass is 16.1. The summed E-state index contributed by atoms with van der Waals surface area (Å²) in [6.45, 7) is 4.10. The van der Waals surface area contributed by atoms with Crippen LogP contribution >= 0.6 is 0 Å². The van der Waals surface area contributed by atoms with Crippen molar-refractivity contribution in [3.05, 3.63) is 17.0 Å². The lowest BCUT2D eigenvalue weighted by Gasteiger charge is -2.24. The van der Waals surface area contributed by atoms with Crippen molar-refractivity contribution in [1.82, 2.24) is 9.78 Å². The van der Waals surface area contributed by atoms with E-state index in [1.54, 1.807) is 0 Å². The zero-order valence-electron chi connectivity index (χ0n) is 11.1. The molecule has 0 aromatic carbocycles. The summed E-state index contributed by atoms with van der Waals surface area (Å²) in [5, 5.41) is 4.38. The third-order valence-electron chi connectivity index (χ3n) is 4.05. The minimum atomic E-state index is 0.428.